The Balaban J connectivity index is 3.05. The van der Waals surface area contributed by atoms with E-state index in [4.69, 9.17) is 5.73 Å². The Kier molecular flexibility index (Phi) is 3.65. The third-order valence-corrected chi connectivity index (χ3v) is 2.54. The van der Waals surface area contributed by atoms with E-state index in [0.29, 0.717) is 0 Å². The van der Waals surface area contributed by atoms with Crippen LogP contribution in [0.15, 0.2) is 18.2 Å². The summed E-state index contributed by atoms with van der Waals surface area (Å²) in [6.07, 6.45) is -0.941. The lowest BCUT2D eigenvalue weighted by Gasteiger charge is -2.31. The molecule has 0 aliphatic carbocycles. The summed E-state index contributed by atoms with van der Waals surface area (Å²) in [4.78, 5) is 0. The number of nitrogens with two attached hydrogens (primary N) is 1. The lowest BCUT2D eigenvalue weighted by molar-refractivity contribution is 0.0391. The molecule has 3 N–H and O–H groups in total. The molecule has 90 valence electrons. The van der Waals surface area contributed by atoms with Crippen LogP contribution in [0.3, 0.4) is 0 Å². The first-order valence-electron chi connectivity index (χ1n) is 5.12. The van der Waals surface area contributed by atoms with Gasteiger partial charge in [0.1, 0.15) is 11.6 Å². The van der Waals surface area contributed by atoms with Crippen LogP contribution >= 0.6 is 0 Å². The van der Waals surface area contributed by atoms with E-state index < -0.39 is 29.2 Å². The zero-order chi connectivity index (χ0) is 12.5. The summed E-state index contributed by atoms with van der Waals surface area (Å²) in [6, 6.07) is 2.12. The standard InChI is InChI=1S/C12H17F2NO/c1-12(2,3)11(16)10(15)8-6-7(13)4-5-9(8)14/h4-6,10-11,16H,15H2,1-3H3/t10-,11-/m1/s1. The van der Waals surface area contributed by atoms with Crippen LogP contribution in [0.4, 0.5) is 8.78 Å². The number of rotatable bonds is 2. The smallest absolute Gasteiger partial charge is 0.128 e. The predicted molar refractivity (Wildman–Crippen MR) is 58.7 cm³/mol. The van der Waals surface area contributed by atoms with Gasteiger partial charge in [-0.2, -0.15) is 0 Å². The fraction of sp³-hybridized carbons (Fsp3) is 0.500. The van der Waals surface area contributed by atoms with Crippen LogP contribution in [0.2, 0.25) is 0 Å². The van der Waals surface area contributed by atoms with E-state index >= 15 is 0 Å². The highest BCUT2D eigenvalue weighted by Gasteiger charge is 2.30. The lowest BCUT2D eigenvalue weighted by atomic mass is 9.82. The van der Waals surface area contributed by atoms with Crippen molar-refractivity contribution in [2.75, 3.05) is 0 Å². The maximum atomic E-state index is 13.4. The topological polar surface area (TPSA) is 46.2 Å². The minimum Gasteiger partial charge on any atom is -0.391 e. The molecule has 0 spiro atoms. The molecule has 1 rings (SSSR count). The monoisotopic (exact) mass is 229 g/mol. The maximum absolute atomic E-state index is 13.4. The van der Waals surface area contributed by atoms with Crippen LogP contribution in [0.1, 0.15) is 32.4 Å². The van der Waals surface area contributed by atoms with Gasteiger partial charge < -0.3 is 10.8 Å². The molecule has 0 saturated heterocycles. The third-order valence-electron chi connectivity index (χ3n) is 2.54. The molecule has 0 fully saturated rings. The van der Waals surface area contributed by atoms with Gasteiger partial charge in [-0.1, -0.05) is 20.8 Å². The maximum Gasteiger partial charge on any atom is 0.128 e. The van der Waals surface area contributed by atoms with E-state index in [-0.39, 0.29) is 5.56 Å². The van der Waals surface area contributed by atoms with Crippen LogP contribution in [0, 0.1) is 17.0 Å². The van der Waals surface area contributed by atoms with E-state index in [9.17, 15) is 13.9 Å². The summed E-state index contributed by atoms with van der Waals surface area (Å²) >= 11 is 0. The van der Waals surface area contributed by atoms with Crippen molar-refractivity contribution in [2.24, 2.45) is 11.1 Å². The van der Waals surface area contributed by atoms with Crippen molar-refractivity contribution in [1.82, 2.24) is 0 Å². The number of halogens is 2. The second kappa shape index (κ2) is 4.47. The van der Waals surface area contributed by atoms with Crippen molar-refractivity contribution < 1.29 is 13.9 Å². The van der Waals surface area contributed by atoms with Crippen LogP contribution < -0.4 is 5.73 Å². The Labute approximate surface area is 94.1 Å². The fourth-order valence-electron chi connectivity index (χ4n) is 1.48. The molecule has 0 aromatic heterocycles. The van der Waals surface area contributed by atoms with Crippen molar-refractivity contribution in [3.05, 3.63) is 35.4 Å². The van der Waals surface area contributed by atoms with E-state index in [1.54, 1.807) is 20.8 Å². The molecule has 0 bridgehead atoms. The van der Waals surface area contributed by atoms with Crippen molar-refractivity contribution in [3.8, 4) is 0 Å². The molecule has 0 saturated carbocycles. The van der Waals surface area contributed by atoms with Gasteiger partial charge in [0.15, 0.2) is 0 Å². The molecule has 16 heavy (non-hydrogen) atoms. The summed E-state index contributed by atoms with van der Waals surface area (Å²) in [5, 5.41) is 9.91. The number of aliphatic hydroxyl groups excluding tert-OH is 1. The normalized spacial score (nSPS) is 15.9. The summed E-state index contributed by atoms with van der Waals surface area (Å²) in [5.41, 5.74) is 5.25. The van der Waals surface area contributed by atoms with Gasteiger partial charge in [-0.15, -0.1) is 0 Å². The summed E-state index contributed by atoms with van der Waals surface area (Å²) in [7, 11) is 0. The Morgan fingerprint density at radius 1 is 1.25 bits per heavy atom. The van der Waals surface area contributed by atoms with Gasteiger partial charge in [-0.05, 0) is 23.6 Å². The summed E-state index contributed by atoms with van der Waals surface area (Å²) in [6.45, 7) is 5.36. The van der Waals surface area contributed by atoms with Gasteiger partial charge in [-0.3, -0.25) is 0 Å². The number of hydrogen-bond acceptors (Lipinski definition) is 2. The van der Waals surface area contributed by atoms with E-state index in [0.717, 1.165) is 18.2 Å². The Hall–Kier alpha value is -1.00. The molecule has 1 aromatic carbocycles. The van der Waals surface area contributed by atoms with Crippen LogP contribution in [-0.2, 0) is 0 Å². The first kappa shape index (κ1) is 13.1. The van der Waals surface area contributed by atoms with Crippen LogP contribution in [-0.4, -0.2) is 11.2 Å². The molecule has 0 aliphatic rings. The molecule has 2 nitrogen and oxygen atoms in total. The van der Waals surface area contributed by atoms with E-state index in [2.05, 4.69) is 0 Å². The van der Waals surface area contributed by atoms with Gasteiger partial charge >= 0.3 is 0 Å². The second-order valence-electron chi connectivity index (χ2n) is 5.00. The second-order valence-corrected chi connectivity index (χ2v) is 5.00. The molecular formula is C12H17F2NO. The highest BCUT2D eigenvalue weighted by atomic mass is 19.1. The largest absolute Gasteiger partial charge is 0.391 e. The Bertz CT molecular complexity index is 374. The number of benzene rings is 1. The molecule has 0 aliphatic heterocycles. The van der Waals surface area contributed by atoms with Crippen molar-refractivity contribution in [2.45, 2.75) is 32.9 Å². The van der Waals surface area contributed by atoms with Crippen LogP contribution in [0.25, 0.3) is 0 Å². The zero-order valence-electron chi connectivity index (χ0n) is 9.67. The molecule has 0 amide bonds. The van der Waals surface area contributed by atoms with Crippen molar-refractivity contribution in [3.63, 3.8) is 0 Å². The van der Waals surface area contributed by atoms with Gasteiger partial charge in [0.25, 0.3) is 0 Å². The van der Waals surface area contributed by atoms with Gasteiger partial charge in [0.05, 0.1) is 12.1 Å². The average Bonchev–Trinajstić information content (AvgIpc) is 2.18. The first-order valence-corrected chi connectivity index (χ1v) is 5.12. The highest BCUT2D eigenvalue weighted by molar-refractivity contribution is 5.23. The molecule has 1 aromatic rings. The van der Waals surface area contributed by atoms with Gasteiger partial charge in [0, 0.05) is 5.56 Å². The average molecular weight is 229 g/mol. The number of aliphatic hydroxyl groups is 1. The quantitative estimate of drug-likeness (QED) is 0.817. The summed E-state index contributed by atoms with van der Waals surface area (Å²) < 4.78 is 26.4. The predicted octanol–water partition coefficient (Wildman–Crippen LogP) is 2.37. The van der Waals surface area contributed by atoms with Crippen molar-refractivity contribution in [1.29, 1.82) is 0 Å². The molecular weight excluding hydrogens is 212 g/mol. The van der Waals surface area contributed by atoms with E-state index in [1.807, 2.05) is 0 Å². The van der Waals surface area contributed by atoms with Gasteiger partial charge in [0.2, 0.25) is 0 Å². The zero-order valence-corrected chi connectivity index (χ0v) is 9.67. The number of hydrogen-bond donors (Lipinski definition) is 2. The highest BCUT2D eigenvalue weighted by Crippen LogP contribution is 2.29. The third kappa shape index (κ3) is 2.77. The Morgan fingerprint density at radius 2 is 1.81 bits per heavy atom. The molecule has 0 radical (unpaired) electrons. The minimum atomic E-state index is -0.941. The molecule has 0 unspecified atom stereocenters. The van der Waals surface area contributed by atoms with Gasteiger partial charge in [-0.25, -0.2) is 8.78 Å². The molecule has 4 heteroatoms. The fourth-order valence-corrected chi connectivity index (χ4v) is 1.48. The van der Waals surface area contributed by atoms with Crippen molar-refractivity contribution >= 4 is 0 Å². The molecule has 2 atom stereocenters. The van der Waals surface area contributed by atoms with Crippen LogP contribution in [0.5, 0.6) is 0 Å². The Morgan fingerprint density at radius 3 is 2.31 bits per heavy atom. The summed E-state index contributed by atoms with van der Waals surface area (Å²) in [5.74, 6) is -1.16. The first-order chi connectivity index (χ1) is 7.23. The minimum absolute atomic E-state index is 0.00225. The van der Waals surface area contributed by atoms with E-state index in [1.165, 1.54) is 0 Å². The SMILES string of the molecule is CC(C)(C)[C@H](O)[C@H](N)c1cc(F)ccc1F. The molecule has 0 heterocycles. The lowest BCUT2D eigenvalue weighted by Crippen LogP contribution is -2.37.